The molecule has 1 aliphatic rings. The molecule has 5 nitrogen and oxygen atoms in total. The molecule has 92 valence electrons. The highest BCUT2D eigenvalue weighted by Gasteiger charge is 2.31. The number of hydrogen-bond donors (Lipinski definition) is 2. The zero-order valence-electron chi connectivity index (χ0n) is 9.77. The number of piperidine rings is 1. The molecule has 1 fully saturated rings. The Morgan fingerprint density at radius 1 is 1.53 bits per heavy atom. The Labute approximate surface area is 99.1 Å². The number of hydrogen-bond acceptors (Lipinski definition) is 3. The number of carbonyl (C=O) groups excluding carboxylic acids is 1. The molecular formula is C12H16N2O3. The third kappa shape index (κ3) is 2.74. The molecule has 1 aromatic heterocycles. The summed E-state index contributed by atoms with van der Waals surface area (Å²) in [7, 11) is 0. The van der Waals surface area contributed by atoms with E-state index in [2.05, 4.69) is 4.98 Å². The molecule has 1 atom stereocenters. The average molecular weight is 236 g/mol. The first-order valence-corrected chi connectivity index (χ1v) is 5.69. The van der Waals surface area contributed by atoms with Crippen LogP contribution in [0.3, 0.4) is 0 Å². The molecule has 0 radical (unpaired) electrons. The van der Waals surface area contributed by atoms with Crippen molar-refractivity contribution in [2.24, 2.45) is 0 Å². The van der Waals surface area contributed by atoms with Gasteiger partial charge in [0.05, 0.1) is 5.60 Å². The van der Waals surface area contributed by atoms with Crippen LogP contribution >= 0.6 is 0 Å². The van der Waals surface area contributed by atoms with Crippen molar-refractivity contribution in [3.63, 3.8) is 0 Å². The van der Waals surface area contributed by atoms with Gasteiger partial charge in [0.2, 0.25) is 5.56 Å². The van der Waals surface area contributed by atoms with E-state index >= 15 is 0 Å². The van der Waals surface area contributed by atoms with Gasteiger partial charge in [0, 0.05) is 19.2 Å². The molecule has 5 heteroatoms. The van der Waals surface area contributed by atoms with E-state index in [-0.39, 0.29) is 17.2 Å². The van der Waals surface area contributed by atoms with Crippen LogP contribution in [0.4, 0.5) is 0 Å². The summed E-state index contributed by atoms with van der Waals surface area (Å²) in [6, 6.07) is 4.49. The number of aromatic nitrogens is 1. The molecule has 0 spiro atoms. The van der Waals surface area contributed by atoms with Crippen molar-refractivity contribution in [2.45, 2.75) is 25.4 Å². The SMILES string of the molecule is CC1(O)CCCN(C(=O)c2cccc(=O)[nH]2)C1. The van der Waals surface area contributed by atoms with Crippen molar-refractivity contribution in [3.8, 4) is 0 Å². The second-order valence-corrected chi connectivity index (χ2v) is 4.76. The van der Waals surface area contributed by atoms with E-state index in [1.54, 1.807) is 24.0 Å². The first kappa shape index (κ1) is 11.9. The van der Waals surface area contributed by atoms with Gasteiger partial charge in [0.15, 0.2) is 0 Å². The summed E-state index contributed by atoms with van der Waals surface area (Å²) in [5.41, 5.74) is -0.849. The third-order valence-corrected chi connectivity index (χ3v) is 2.96. The van der Waals surface area contributed by atoms with Gasteiger partial charge in [-0.05, 0) is 25.8 Å². The molecule has 1 aliphatic heterocycles. The maximum Gasteiger partial charge on any atom is 0.270 e. The number of H-pyrrole nitrogens is 1. The number of pyridine rings is 1. The van der Waals surface area contributed by atoms with Crippen molar-refractivity contribution in [2.75, 3.05) is 13.1 Å². The minimum Gasteiger partial charge on any atom is -0.388 e. The zero-order valence-corrected chi connectivity index (χ0v) is 9.77. The number of nitrogens with one attached hydrogen (secondary N) is 1. The van der Waals surface area contributed by atoms with Gasteiger partial charge in [-0.3, -0.25) is 9.59 Å². The van der Waals surface area contributed by atoms with Crippen molar-refractivity contribution in [3.05, 3.63) is 34.2 Å². The maximum atomic E-state index is 12.1. The van der Waals surface area contributed by atoms with E-state index in [9.17, 15) is 14.7 Å². The number of nitrogens with zero attached hydrogens (tertiary/aromatic N) is 1. The second-order valence-electron chi connectivity index (χ2n) is 4.76. The highest BCUT2D eigenvalue weighted by molar-refractivity contribution is 5.92. The molecule has 1 aromatic rings. The summed E-state index contributed by atoms with van der Waals surface area (Å²) in [5, 5.41) is 9.93. The standard InChI is InChI=1S/C12H16N2O3/c1-12(17)6-3-7-14(8-12)11(16)9-4-2-5-10(15)13-9/h2,4-5,17H,3,6-8H2,1H3,(H,13,15). The van der Waals surface area contributed by atoms with E-state index in [1.807, 2.05) is 0 Å². The van der Waals surface area contributed by atoms with Gasteiger partial charge in [-0.1, -0.05) is 6.07 Å². The average Bonchev–Trinajstić information content (AvgIpc) is 2.26. The predicted octanol–water partition coefficient (Wildman–Crippen LogP) is 0.362. The fourth-order valence-electron chi connectivity index (χ4n) is 2.14. The summed E-state index contributed by atoms with van der Waals surface area (Å²) in [4.78, 5) is 27.3. The first-order valence-electron chi connectivity index (χ1n) is 5.69. The fourth-order valence-corrected chi connectivity index (χ4v) is 2.14. The molecule has 1 amide bonds. The summed E-state index contributed by atoms with van der Waals surface area (Å²) in [6.07, 6.45) is 1.47. The van der Waals surface area contributed by atoms with Gasteiger partial charge in [0.1, 0.15) is 5.69 Å². The van der Waals surface area contributed by atoms with E-state index in [0.29, 0.717) is 19.5 Å². The Balaban J connectivity index is 2.18. The van der Waals surface area contributed by atoms with E-state index in [4.69, 9.17) is 0 Å². The smallest absolute Gasteiger partial charge is 0.270 e. The third-order valence-electron chi connectivity index (χ3n) is 2.96. The predicted molar refractivity (Wildman–Crippen MR) is 62.8 cm³/mol. The van der Waals surface area contributed by atoms with Crippen LogP contribution in [0.2, 0.25) is 0 Å². The Bertz CT molecular complexity index is 479. The van der Waals surface area contributed by atoms with Gasteiger partial charge >= 0.3 is 0 Å². The van der Waals surface area contributed by atoms with Crippen molar-refractivity contribution in [1.29, 1.82) is 0 Å². The minimum atomic E-state index is -0.830. The van der Waals surface area contributed by atoms with Gasteiger partial charge in [-0.25, -0.2) is 0 Å². The van der Waals surface area contributed by atoms with E-state index < -0.39 is 5.60 Å². The lowest BCUT2D eigenvalue weighted by Gasteiger charge is -2.36. The molecule has 1 unspecified atom stereocenters. The molecule has 2 rings (SSSR count). The molecule has 1 saturated heterocycles. The number of aliphatic hydroxyl groups is 1. The first-order chi connectivity index (χ1) is 7.98. The Morgan fingerprint density at radius 2 is 2.29 bits per heavy atom. The van der Waals surface area contributed by atoms with Crippen LogP contribution in [0.5, 0.6) is 0 Å². The largest absolute Gasteiger partial charge is 0.388 e. The lowest BCUT2D eigenvalue weighted by atomic mass is 9.95. The van der Waals surface area contributed by atoms with Crippen molar-refractivity contribution in [1.82, 2.24) is 9.88 Å². The Morgan fingerprint density at radius 3 is 2.94 bits per heavy atom. The maximum absolute atomic E-state index is 12.1. The van der Waals surface area contributed by atoms with E-state index in [0.717, 1.165) is 6.42 Å². The van der Waals surface area contributed by atoms with Gasteiger partial charge in [-0.2, -0.15) is 0 Å². The van der Waals surface area contributed by atoms with E-state index in [1.165, 1.54) is 6.07 Å². The van der Waals surface area contributed by atoms with Gasteiger partial charge < -0.3 is 15.0 Å². The fraction of sp³-hybridized carbons (Fsp3) is 0.500. The van der Waals surface area contributed by atoms with Crippen molar-refractivity contribution >= 4 is 5.91 Å². The van der Waals surface area contributed by atoms with Crippen LogP contribution < -0.4 is 5.56 Å². The quantitative estimate of drug-likeness (QED) is 0.739. The topological polar surface area (TPSA) is 73.4 Å². The number of carbonyl (C=O) groups is 1. The van der Waals surface area contributed by atoms with Crippen LogP contribution in [-0.4, -0.2) is 39.6 Å². The molecule has 2 heterocycles. The van der Waals surface area contributed by atoms with Gasteiger partial charge in [-0.15, -0.1) is 0 Å². The number of rotatable bonds is 1. The molecular weight excluding hydrogens is 220 g/mol. The normalized spacial score (nSPS) is 24.7. The molecule has 0 saturated carbocycles. The number of likely N-dealkylation sites (tertiary alicyclic amines) is 1. The Kier molecular flexibility index (Phi) is 3.02. The van der Waals surface area contributed by atoms with Crippen LogP contribution in [0.15, 0.2) is 23.0 Å². The monoisotopic (exact) mass is 236 g/mol. The summed E-state index contributed by atoms with van der Waals surface area (Å²) in [6.45, 7) is 2.65. The highest BCUT2D eigenvalue weighted by atomic mass is 16.3. The molecule has 2 N–H and O–H groups in total. The van der Waals surface area contributed by atoms with Crippen LogP contribution in [0.1, 0.15) is 30.3 Å². The summed E-state index contributed by atoms with van der Waals surface area (Å²) >= 11 is 0. The minimum absolute atomic E-state index is 0.234. The summed E-state index contributed by atoms with van der Waals surface area (Å²) in [5.74, 6) is -0.234. The lowest BCUT2D eigenvalue weighted by Crippen LogP contribution is -2.48. The lowest BCUT2D eigenvalue weighted by molar-refractivity contribution is -0.0109. The van der Waals surface area contributed by atoms with Gasteiger partial charge in [0.25, 0.3) is 5.91 Å². The zero-order chi connectivity index (χ0) is 12.5. The van der Waals surface area contributed by atoms with Crippen LogP contribution in [0, 0.1) is 0 Å². The molecule has 0 bridgehead atoms. The summed E-state index contributed by atoms with van der Waals surface area (Å²) < 4.78 is 0. The van der Waals surface area contributed by atoms with Crippen molar-refractivity contribution < 1.29 is 9.90 Å². The highest BCUT2D eigenvalue weighted by Crippen LogP contribution is 2.21. The Hall–Kier alpha value is -1.62. The van der Waals surface area contributed by atoms with Crippen LogP contribution in [0.25, 0.3) is 0 Å². The molecule has 0 aromatic carbocycles. The second kappa shape index (κ2) is 4.33. The molecule has 17 heavy (non-hydrogen) atoms. The number of aromatic amines is 1. The van der Waals surface area contributed by atoms with Crippen LogP contribution in [-0.2, 0) is 0 Å². The molecule has 0 aliphatic carbocycles. The number of β-amino-alcohol motifs (C(OH)–C–C–N with tert-alkyl or cyclic N) is 1. The number of amides is 1.